The summed E-state index contributed by atoms with van der Waals surface area (Å²) in [4.78, 5) is 13.0. The number of amides is 1. The second-order valence-electron chi connectivity index (χ2n) is 9.13. The van der Waals surface area contributed by atoms with Gasteiger partial charge in [0.25, 0.3) is 5.91 Å². The highest BCUT2D eigenvalue weighted by Crippen LogP contribution is 2.46. The molecule has 1 heterocycles. The molecule has 1 aromatic heterocycles. The molecule has 0 unspecified atom stereocenters. The molecule has 1 saturated carbocycles. The van der Waals surface area contributed by atoms with Gasteiger partial charge in [-0.15, -0.1) is 0 Å². The molecule has 0 saturated heterocycles. The van der Waals surface area contributed by atoms with Crippen molar-refractivity contribution in [2.75, 3.05) is 30.8 Å². The maximum Gasteiger partial charge on any atom is 0.270 e. The number of ether oxygens (including phenoxy) is 1. The van der Waals surface area contributed by atoms with Crippen molar-refractivity contribution in [2.24, 2.45) is 0 Å². The summed E-state index contributed by atoms with van der Waals surface area (Å²) in [5, 5.41) is 17.4. The minimum atomic E-state index is -3.67. The Morgan fingerprint density at radius 2 is 1.89 bits per heavy atom. The first-order valence-corrected chi connectivity index (χ1v) is 14.0. The van der Waals surface area contributed by atoms with E-state index in [1.54, 1.807) is 42.5 Å². The van der Waals surface area contributed by atoms with Crippen molar-refractivity contribution in [3.8, 4) is 17.2 Å². The van der Waals surface area contributed by atoms with E-state index in [-0.39, 0.29) is 30.7 Å². The highest BCUT2D eigenvalue weighted by atomic mass is 32.2. The van der Waals surface area contributed by atoms with Crippen LogP contribution in [-0.4, -0.2) is 55.7 Å². The number of aromatic nitrogens is 2. The number of carbonyl (C=O) groups is 1. The zero-order chi connectivity index (χ0) is 27.0. The molecule has 9 nitrogen and oxygen atoms in total. The van der Waals surface area contributed by atoms with Crippen molar-refractivity contribution in [3.63, 3.8) is 0 Å². The van der Waals surface area contributed by atoms with E-state index in [9.17, 15) is 22.7 Å². The Morgan fingerprint density at radius 1 is 1.18 bits per heavy atom. The molecule has 198 valence electrons. The molecule has 0 aliphatic heterocycles. The largest absolute Gasteiger partial charge is 0.454 e. The lowest BCUT2D eigenvalue weighted by Gasteiger charge is -2.24. The average molecular weight is 539 g/mol. The van der Waals surface area contributed by atoms with Gasteiger partial charge in [0.2, 0.25) is 10.0 Å². The van der Waals surface area contributed by atoms with Gasteiger partial charge in [-0.1, -0.05) is 12.1 Å². The smallest absolute Gasteiger partial charge is 0.270 e. The van der Waals surface area contributed by atoms with Crippen LogP contribution in [0.15, 0.2) is 60.7 Å². The lowest BCUT2D eigenvalue weighted by molar-refractivity contribution is 0.0957. The summed E-state index contributed by atoms with van der Waals surface area (Å²) >= 11 is 0. The van der Waals surface area contributed by atoms with Gasteiger partial charge in [-0.2, -0.15) is 5.10 Å². The lowest BCUT2D eigenvalue weighted by atomic mass is 10.0. The van der Waals surface area contributed by atoms with Gasteiger partial charge >= 0.3 is 0 Å². The van der Waals surface area contributed by atoms with Gasteiger partial charge in [-0.25, -0.2) is 17.5 Å². The molecule has 1 amide bonds. The average Bonchev–Trinajstić information content (AvgIpc) is 3.67. The van der Waals surface area contributed by atoms with Crippen LogP contribution in [0.3, 0.4) is 0 Å². The predicted octanol–water partition coefficient (Wildman–Crippen LogP) is 3.95. The SMILES string of the molecule is CNC(=O)c1c2cc(C3CC3)c(N(CCO)S(C)(=O)=O)cc2nn1-c1ccc(Oc2ccccc2F)cc1. The van der Waals surface area contributed by atoms with Crippen LogP contribution in [-0.2, 0) is 10.0 Å². The van der Waals surface area contributed by atoms with E-state index < -0.39 is 15.8 Å². The zero-order valence-electron chi connectivity index (χ0n) is 20.9. The number of carbonyl (C=O) groups excluding carboxylic acids is 1. The molecule has 1 fully saturated rings. The summed E-state index contributed by atoms with van der Waals surface area (Å²) in [6.07, 6.45) is 2.91. The number of rotatable bonds is 9. The second-order valence-corrected chi connectivity index (χ2v) is 11.0. The molecule has 0 atom stereocenters. The second kappa shape index (κ2) is 10.1. The number of hydrogen-bond acceptors (Lipinski definition) is 6. The Balaban J connectivity index is 1.62. The standard InChI is InChI=1S/C27H27FN4O5S/c1-29-27(34)26-21-15-20(17-7-8-17)24(31(13-14-33)38(2,35)36)16-23(21)30-32(26)18-9-11-19(12-10-18)37-25-6-4-3-5-22(25)28/h3-6,9-12,15-17,33H,7-8,13-14H2,1-2H3,(H,29,34). The van der Waals surface area contributed by atoms with Crippen molar-refractivity contribution in [1.29, 1.82) is 0 Å². The summed E-state index contributed by atoms with van der Waals surface area (Å²) in [5.41, 5.74) is 2.55. The number of hydrogen-bond donors (Lipinski definition) is 2. The van der Waals surface area contributed by atoms with Gasteiger partial charge < -0.3 is 15.2 Å². The molecule has 1 aliphatic carbocycles. The van der Waals surface area contributed by atoms with Crippen molar-refractivity contribution >= 4 is 32.5 Å². The van der Waals surface area contributed by atoms with Crippen LogP contribution in [0, 0.1) is 5.82 Å². The maximum atomic E-state index is 14.0. The van der Waals surface area contributed by atoms with E-state index in [4.69, 9.17) is 4.74 Å². The van der Waals surface area contributed by atoms with Gasteiger partial charge in [0.15, 0.2) is 11.6 Å². The van der Waals surface area contributed by atoms with Crippen molar-refractivity contribution in [2.45, 2.75) is 18.8 Å². The Bertz CT molecular complexity index is 1610. The number of fused-ring (bicyclic) bond motifs is 1. The van der Waals surface area contributed by atoms with Crippen LogP contribution in [0.25, 0.3) is 16.6 Å². The first-order valence-electron chi connectivity index (χ1n) is 12.1. The number of aliphatic hydroxyl groups is 1. The predicted molar refractivity (Wildman–Crippen MR) is 142 cm³/mol. The van der Waals surface area contributed by atoms with E-state index in [1.165, 1.54) is 28.2 Å². The summed E-state index contributed by atoms with van der Waals surface area (Å²) in [7, 11) is -2.14. The summed E-state index contributed by atoms with van der Waals surface area (Å²) in [6.45, 7) is -0.426. The number of nitrogens with one attached hydrogen (secondary N) is 1. The van der Waals surface area contributed by atoms with Crippen LogP contribution in [0.1, 0.15) is 34.8 Å². The van der Waals surface area contributed by atoms with Crippen LogP contribution in [0.4, 0.5) is 10.1 Å². The van der Waals surface area contributed by atoms with Crippen LogP contribution >= 0.6 is 0 Å². The molecule has 5 rings (SSSR count). The molecule has 0 radical (unpaired) electrons. The van der Waals surface area contributed by atoms with Crippen molar-refractivity contribution in [1.82, 2.24) is 15.1 Å². The fourth-order valence-corrected chi connectivity index (χ4v) is 5.39. The molecular weight excluding hydrogens is 511 g/mol. The molecule has 0 bridgehead atoms. The maximum absolute atomic E-state index is 14.0. The van der Waals surface area contributed by atoms with E-state index >= 15 is 0 Å². The summed E-state index contributed by atoms with van der Waals surface area (Å²) in [6, 6.07) is 16.3. The molecule has 4 aromatic rings. The minimum absolute atomic E-state index is 0.0868. The molecule has 3 aromatic carbocycles. The number of aliphatic hydroxyl groups excluding tert-OH is 1. The minimum Gasteiger partial charge on any atom is -0.454 e. The molecule has 1 aliphatic rings. The first kappa shape index (κ1) is 25.7. The molecule has 0 spiro atoms. The number of halogens is 1. The Morgan fingerprint density at radius 3 is 2.50 bits per heavy atom. The monoisotopic (exact) mass is 538 g/mol. The fourth-order valence-electron chi connectivity index (χ4n) is 4.46. The highest BCUT2D eigenvalue weighted by Gasteiger charge is 2.32. The van der Waals surface area contributed by atoms with Crippen molar-refractivity contribution in [3.05, 3.63) is 77.7 Å². The summed E-state index contributed by atoms with van der Waals surface area (Å²) in [5.74, 6) is -0.182. The molecular formula is C27H27FN4O5S. The topological polar surface area (TPSA) is 114 Å². The van der Waals surface area contributed by atoms with Gasteiger partial charge in [0.05, 0.1) is 36.3 Å². The van der Waals surface area contributed by atoms with E-state index in [1.807, 2.05) is 6.07 Å². The summed E-state index contributed by atoms with van der Waals surface area (Å²) < 4.78 is 47.5. The lowest BCUT2D eigenvalue weighted by Crippen LogP contribution is -2.33. The molecule has 11 heteroatoms. The Hall–Kier alpha value is -3.96. The van der Waals surface area contributed by atoms with Gasteiger partial charge in [-0.3, -0.25) is 9.10 Å². The third-order valence-corrected chi connectivity index (χ3v) is 7.58. The van der Waals surface area contributed by atoms with Crippen LogP contribution in [0.5, 0.6) is 11.5 Å². The quantitative estimate of drug-likeness (QED) is 0.334. The van der Waals surface area contributed by atoms with Crippen LogP contribution < -0.4 is 14.4 Å². The third-order valence-electron chi connectivity index (χ3n) is 6.40. The van der Waals surface area contributed by atoms with Gasteiger partial charge in [-0.05, 0) is 72.9 Å². The number of nitrogens with zero attached hydrogens (tertiary/aromatic N) is 3. The van der Waals surface area contributed by atoms with Crippen LogP contribution in [0.2, 0.25) is 0 Å². The first-order chi connectivity index (χ1) is 18.2. The zero-order valence-corrected chi connectivity index (χ0v) is 21.7. The number of anilines is 1. The number of benzene rings is 3. The number of para-hydroxylation sites is 1. The van der Waals surface area contributed by atoms with Crippen molar-refractivity contribution < 1.29 is 27.4 Å². The van der Waals surface area contributed by atoms with Gasteiger partial charge in [0, 0.05) is 12.4 Å². The normalized spacial score (nSPS) is 13.5. The van der Waals surface area contributed by atoms with E-state index in [2.05, 4.69) is 10.4 Å². The molecule has 38 heavy (non-hydrogen) atoms. The molecule has 2 N–H and O–H groups in total. The van der Waals surface area contributed by atoms with Gasteiger partial charge in [0.1, 0.15) is 11.4 Å². The highest BCUT2D eigenvalue weighted by molar-refractivity contribution is 7.92. The third kappa shape index (κ3) is 4.94. The van der Waals surface area contributed by atoms with E-state index in [0.717, 1.165) is 24.7 Å². The Kier molecular flexibility index (Phi) is 6.80. The fraction of sp³-hybridized carbons (Fsp3) is 0.259. The Labute approximate surface area is 219 Å². The number of sulfonamides is 1. The van der Waals surface area contributed by atoms with E-state index in [0.29, 0.717) is 33.7 Å².